The van der Waals surface area contributed by atoms with Gasteiger partial charge in [0.25, 0.3) is 5.91 Å². The van der Waals surface area contributed by atoms with Crippen LogP contribution in [0.5, 0.6) is 0 Å². The largest absolute Gasteiger partial charge is 0.339 e. The van der Waals surface area contributed by atoms with Crippen LogP contribution in [-0.2, 0) is 9.59 Å². The number of likely N-dealkylation sites (N-methyl/N-ethyl adjacent to an activating group) is 1. The topological polar surface area (TPSA) is 73.0 Å². The highest BCUT2D eigenvalue weighted by Crippen LogP contribution is 2.22. The zero-order valence-corrected chi connectivity index (χ0v) is 12.1. The predicted octanol–water partition coefficient (Wildman–Crippen LogP) is -0.171. The van der Waals surface area contributed by atoms with Gasteiger partial charge in [-0.2, -0.15) is 0 Å². The summed E-state index contributed by atoms with van der Waals surface area (Å²) >= 11 is 0. The molecule has 2 fully saturated rings. The Bertz CT molecular complexity index is 412. The predicted molar refractivity (Wildman–Crippen MR) is 72.8 cm³/mol. The number of carbonyl (C=O) groups excluding carboxylic acids is 3. The molecule has 20 heavy (non-hydrogen) atoms. The maximum Gasteiger partial charge on any atom is 0.339 e. The summed E-state index contributed by atoms with van der Waals surface area (Å²) in [6.45, 7) is 3.41. The minimum Gasteiger partial charge on any atom is -0.313 e. The van der Waals surface area contributed by atoms with E-state index in [1.807, 2.05) is 0 Å². The molecule has 1 unspecified atom stereocenters. The molecule has 1 atom stereocenters. The highest BCUT2D eigenvalue weighted by Gasteiger charge is 2.38. The number of carbonyl (C=O) groups is 3. The number of nitrogens with zero attached hydrogens (tertiary/aromatic N) is 3. The van der Waals surface area contributed by atoms with Crippen molar-refractivity contribution in [3.63, 3.8) is 0 Å². The standard InChI is InChI=1S/C13H22N4O3/c1-10(18)11-5-3-6-15(11)13(20)17-8-4-7-16(17)12(19)9-14-2/h11,14H,3-9H2,1-2H3. The van der Waals surface area contributed by atoms with Gasteiger partial charge in [0.2, 0.25) is 0 Å². The van der Waals surface area contributed by atoms with Crippen LogP contribution in [0.4, 0.5) is 4.79 Å². The van der Waals surface area contributed by atoms with E-state index in [2.05, 4.69) is 5.32 Å². The minimum absolute atomic E-state index is 0.0168. The van der Waals surface area contributed by atoms with Crippen molar-refractivity contribution in [3.8, 4) is 0 Å². The van der Waals surface area contributed by atoms with Crippen molar-refractivity contribution >= 4 is 17.7 Å². The van der Waals surface area contributed by atoms with Crippen LogP contribution in [0, 0.1) is 0 Å². The first-order valence-corrected chi connectivity index (χ1v) is 7.09. The second kappa shape index (κ2) is 6.21. The highest BCUT2D eigenvalue weighted by atomic mass is 16.2. The molecule has 0 spiro atoms. The Kier molecular flexibility index (Phi) is 4.59. The number of rotatable bonds is 3. The van der Waals surface area contributed by atoms with E-state index in [9.17, 15) is 14.4 Å². The molecular weight excluding hydrogens is 260 g/mol. The summed E-state index contributed by atoms with van der Waals surface area (Å²) in [5.41, 5.74) is 0. The van der Waals surface area contributed by atoms with Gasteiger partial charge in [-0.05, 0) is 33.2 Å². The lowest BCUT2D eigenvalue weighted by Crippen LogP contribution is -2.54. The molecule has 1 N–H and O–H groups in total. The van der Waals surface area contributed by atoms with Crippen molar-refractivity contribution in [1.82, 2.24) is 20.2 Å². The Labute approximate surface area is 118 Å². The summed E-state index contributed by atoms with van der Waals surface area (Å²) in [4.78, 5) is 37.7. The fraction of sp³-hybridized carbons (Fsp3) is 0.769. The van der Waals surface area contributed by atoms with Crippen LogP contribution in [0.15, 0.2) is 0 Å². The van der Waals surface area contributed by atoms with Gasteiger partial charge in [0.1, 0.15) is 0 Å². The minimum atomic E-state index is -0.329. The molecule has 112 valence electrons. The van der Waals surface area contributed by atoms with Gasteiger partial charge < -0.3 is 10.2 Å². The Hall–Kier alpha value is -1.63. The van der Waals surface area contributed by atoms with E-state index in [1.165, 1.54) is 16.9 Å². The fourth-order valence-electron chi connectivity index (χ4n) is 2.88. The van der Waals surface area contributed by atoms with Crippen LogP contribution in [0.1, 0.15) is 26.2 Å². The maximum absolute atomic E-state index is 12.6. The smallest absolute Gasteiger partial charge is 0.313 e. The number of ketones is 1. The molecule has 0 saturated carbocycles. The van der Waals surface area contributed by atoms with Crippen LogP contribution < -0.4 is 5.32 Å². The van der Waals surface area contributed by atoms with E-state index >= 15 is 0 Å². The molecular formula is C13H22N4O3. The van der Waals surface area contributed by atoms with Crippen LogP contribution in [0.3, 0.4) is 0 Å². The monoisotopic (exact) mass is 282 g/mol. The SMILES string of the molecule is CNCC(=O)N1CCCN1C(=O)N1CCCC1C(C)=O. The summed E-state index contributed by atoms with van der Waals surface area (Å²) in [6.07, 6.45) is 2.34. The normalized spacial score (nSPS) is 22.5. The molecule has 3 amide bonds. The first kappa shape index (κ1) is 14.8. The molecule has 2 aliphatic rings. The fourth-order valence-corrected chi connectivity index (χ4v) is 2.88. The molecule has 2 saturated heterocycles. The van der Waals surface area contributed by atoms with Crippen molar-refractivity contribution in [2.75, 3.05) is 33.2 Å². The molecule has 7 nitrogen and oxygen atoms in total. The first-order valence-electron chi connectivity index (χ1n) is 7.09. The molecule has 0 radical (unpaired) electrons. The molecule has 0 bridgehead atoms. The van der Waals surface area contributed by atoms with Crippen LogP contribution in [-0.4, -0.2) is 71.9 Å². The zero-order chi connectivity index (χ0) is 14.7. The van der Waals surface area contributed by atoms with Gasteiger partial charge in [-0.1, -0.05) is 0 Å². The number of hydrogen-bond acceptors (Lipinski definition) is 4. The summed E-state index contributed by atoms with van der Waals surface area (Å²) in [5.74, 6) is -0.0972. The average Bonchev–Trinajstić information content (AvgIpc) is 3.07. The third-order valence-electron chi connectivity index (χ3n) is 3.84. The van der Waals surface area contributed by atoms with E-state index in [1.54, 1.807) is 11.9 Å². The quantitative estimate of drug-likeness (QED) is 0.780. The number of hydrazine groups is 1. The van der Waals surface area contributed by atoms with Crippen LogP contribution >= 0.6 is 0 Å². The summed E-state index contributed by atoms with van der Waals surface area (Å²) < 4.78 is 0. The van der Waals surface area contributed by atoms with E-state index < -0.39 is 0 Å². The lowest BCUT2D eigenvalue weighted by Gasteiger charge is -2.33. The number of urea groups is 1. The van der Waals surface area contributed by atoms with Crippen LogP contribution in [0.25, 0.3) is 0 Å². The Morgan fingerprint density at radius 2 is 1.80 bits per heavy atom. The molecule has 0 aromatic rings. The van der Waals surface area contributed by atoms with E-state index in [0.717, 1.165) is 19.3 Å². The van der Waals surface area contributed by atoms with Crippen molar-refractivity contribution in [2.45, 2.75) is 32.2 Å². The second-order valence-corrected chi connectivity index (χ2v) is 5.27. The lowest BCUT2D eigenvalue weighted by molar-refractivity contribution is -0.139. The zero-order valence-electron chi connectivity index (χ0n) is 12.1. The Morgan fingerprint density at radius 1 is 1.10 bits per heavy atom. The lowest BCUT2D eigenvalue weighted by atomic mass is 10.1. The number of hydrogen-bond donors (Lipinski definition) is 1. The Balaban J connectivity index is 2.07. The molecule has 2 aliphatic heterocycles. The van der Waals surface area contributed by atoms with E-state index in [-0.39, 0.29) is 30.3 Å². The third-order valence-corrected chi connectivity index (χ3v) is 3.84. The summed E-state index contributed by atoms with van der Waals surface area (Å²) in [6, 6.07) is -0.547. The van der Waals surface area contributed by atoms with Crippen LogP contribution in [0.2, 0.25) is 0 Å². The highest BCUT2D eigenvalue weighted by molar-refractivity contribution is 5.89. The van der Waals surface area contributed by atoms with Crippen molar-refractivity contribution in [3.05, 3.63) is 0 Å². The van der Waals surface area contributed by atoms with Crippen molar-refractivity contribution in [2.24, 2.45) is 0 Å². The van der Waals surface area contributed by atoms with Gasteiger partial charge in [0.05, 0.1) is 12.6 Å². The van der Waals surface area contributed by atoms with E-state index in [4.69, 9.17) is 0 Å². The summed E-state index contributed by atoms with van der Waals surface area (Å²) in [5, 5.41) is 5.78. The van der Waals surface area contributed by atoms with Crippen molar-refractivity contribution < 1.29 is 14.4 Å². The summed E-state index contributed by atoms with van der Waals surface area (Å²) in [7, 11) is 1.70. The van der Waals surface area contributed by atoms with Gasteiger partial charge in [-0.25, -0.2) is 14.8 Å². The number of nitrogens with one attached hydrogen (secondary N) is 1. The Morgan fingerprint density at radius 3 is 2.45 bits per heavy atom. The molecule has 0 aliphatic carbocycles. The van der Waals surface area contributed by atoms with Crippen molar-refractivity contribution in [1.29, 1.82) is 0 Å². The average molecular weight is 282 g/mol. The molecule has 7 heteroatoms. The molecule has 2 heterocycles. The molecule has 0 aromatic carbocycles. The first-order chi connectivity index (χ1) is 9.56. The molecule has 0 aromatic heterocycles. The number of amides is 3. The maximum atomic E-state index is 12.6. The third kappa shape index (κ3) is 2.77. The molecule has 2 rings (SSSR count). The van der Waals surface area contributed by atoms with Gasteiger partial charge in [0.15, 0.2) is 5.78 Å². The van der Waals surface area contributed by atoms with Gasteiger partial charge in [-0.3, -0.25) is 9.59 Å². The number of likely N-dealkylation sites (tertiary alicyclic amines) is 1. The van der Waals surface area contributed by atoms with Gasteiger partial charge in [0, 0.05) is 19.6 Å². The van der Waals surface area contributed by atoms with Gasteiger partial charge >= 0.3 is 6.03 Å². The van der Waals surface area contributed by atoms with E-state index in [0.29, 0.717) is 19.6 Å². The second-order valence-electron chi connectivity index (χ2n) is 5.27. The van der Waals surface area contributed by atoms with Gasteiger partial charge in [-0.15, -0.1) is 0 Å². The number of Topliss-reactive ketones (excluding diaryl/α,β-unsaturated/α-hetero) is 1.